The molecule has 2 amide bonds. The Morgan fingerprint density at radius 3 is 2.34 bits per heavy atom. The van der Waals surface area contributed by atoms with Gasteiger partial charge in [0, 0.05) is 68.4 Å². The minimum absolute atomic E-state index is 0.0523. The van der Waals surface area contributed by atoms with Crippen molar-refractivity contribution in [2.24, 2.45) is 0 Å². The van der Waals surface area contributed by atoms with Gasteiger partial charge in [-0.1, -0.05) is 12.1 Å². The van der Waals surface area contributed by atoms with Gasteiger partial charge in [0.05, 0.1) is 6.61 Å². The molecule has 0 bridgehead atoms. The Kier molecular flexibility index (Phi) is 8.52. The van der Waals surface area contributed by atoms with Crippen LogP contribution in [-0.4, -0.2) is 50.7 Å². The molecular formula is C27H33N3O5. The Balaban J connectivity index is 1.57. The number of amides is 2. The molecule has 3 rings (SSSR count). The summed E-state index contributed by atoms with van der Waals surface area (Å²) in [5.74, 6) is -0.0817. The highest BCUT2D eigenvalue weighted by Gasteiger charge is 2.14. The lowest BCUT2D eigenvalue weighted by atomic mass is 10.0. The van der Waals surface area contributed by atoms with Gasteiger partial charge in [-0.25, -0.2) is 9.59 Å². The Labute approximate surface area is 205 Å². The maximum atomic E-state index is 12.6. The highest BCUT2D eigenvalue weighted by molar-refractivity contribution is 5.93. The number of aryl methyl sites for hydroxylation is 1. The summed E-state index contributed by atoms with van der Waals surface area (Å²) in [4.78, 5) is 40.4. The van der Waals surface area contributed by atoms with Crippen molar-refractivity contribution in [3.05, 3.63) is 75.1 Å². The number of rotatable bonds is 9. The van der Waals surface area contributed by atoms with Crippen LogP contribution in [0.15, 0.2) is 51.7 Å². The second kappa shape index (κ2) is 11.6. The summed E-state index contributed by atoms with van der Waals surface area (Å²) in [6, 6.07) is 12.9. The molecule has 1 aromatic heterocycles. The van der Waals surface area contributed by atoms with Crippen molar-refractivity contribution in [1.29, 1.82) is 0 Å². The molecule has 0 unspecified atom stereocenters. The summed E-state index contributed by atoms with van der Waals surface area (Å²) in [6.45, 7) is 8.10. The first kappa shape index (κ1) is 25.8. The quantitative estimate of drug-likeness (QED) is 0.464. The van der Waals surface area contributed by atoms with Crippen molar-refractivity contribution in [3.63, 3.8) is 0 Å². The summed E-state index contributed by atoms with van der Waals surface area (Å²) in [5.41, 5.74) is 3.90. The van der Waals surface area contributed by atoms with Gasteiger partial charge in [0.1, 0.15) is 5.58 Å². The average molecular weight is 480 g/mol. The van der Waals surface area contributed by atoms with Crippen LogP contribution < -0.4 is 15.8 Å². The molecule has 0 spiro atoms. The van der Waals surface area contributed by atoms with Gasteiger partial charge in [0.2, 0.25) is 0 Å². The van der Waals surface area contributed by atoms with E-state index in [9.17, 15) is 14.4 Å². The first-order valence-electron chi connectivity index (χ1n) is 11.8. The van der Waals surface area contributed by atoms with Crippen molar-refractivity contribution < 1.29 is 18.7 Å². The lowest BCUT2D eigenvalue weighted by molar-refractivity contribution is 0.0827. The zero-order valence-electron chi connectivity index (χ0n) is 21.0. The molecule has 0 aliphatic heterocycles. The third-order valence-electron chi connectivity index (χ3n) is 6.03. The van der Waals surface area contributed by atoms with Crippen molar-refractivity contribution >= 4 is 28.7 Å². The van der Waals surface area contributed by atoms with Gasteiger partial charge >= 0.3 is 11.7 Å². The van der Waals surface area contributed by atoms with Gasteiger partial charge < -0.3 is 24.3 Å². The predicted molar refractivity (Wildman–Crippen MR) is 137 cm³/mol. The molecule has 8 nitrogen and oxygen atoms in total. The van der Waals surface area contributed by atoms with Gasteiger partial charge in [-0.3, -0.25) is 4.79 Å². The van der Waals surface area contributed by atoms with E-state index in [2.05, 4.69) is 24.1 Å². The fraction of sp³-hybridized carbons (Fsp3) is 0.370. The second-order valence-corrected chi connectivity index (χ2v) is 8.48. The van der Waals surface area contributed by atoms with Crippen molar-refractivity contribution in [2.45, 2.75) is 33.7 Å². The van der Waals surface area contributed by atoms with Gasteiger partial charge in [-0.05, 0) is 56.2 Å². The zero-order chi connectivity index (χ0) is 25.5. The van der Waals surface area contributed by atoms with E-state index in [0.717, 1.165) is 35.3 Å². The highest BCUT2D eigenvalue weighted by atomic mass is 16.5. The van der Waals surface area contributed by atoms with E-state index in [4.69, 9.17) is 9.15 Å². The number of nitrogens with one attached hydrogen (secondary N) is 1. The number of carbonyl (C=O) groups excluding carboxylic acids is 2. The third kappa shape index (κ3) is 6.20. The monoisotopic (exact) mass is 479 g/mol. The number of anilines is 1. The number of fused-ring (bicyclic) bond motifs is 1. The maximum absolute atomic E-state index is 12.6. The van der Waals surface area contributed by atoms with E-state index < -0.39 is 11.7 Å². The molecule has 0 radical (unpaired) electrons. The smallest absolute Gasteiger partial charge is 0.407 e. The van der Waals surface area contributed by atoms with Gasteiger partial charge in [0.15, 0.2) is 0 Å². The fourth-order valence-electron chi connectivity index (χ4n) is 3.95. The van der Waals surface area contributed by atoms with Crippen molar-refractivity contribution in [1.82, 2.24) is 10.2 Å². The molecule has 8 heteroatoms. The van der Waals surface area contributed by atoms with Gasteiger partial charge in [0.25, 0.3) is 5.91 Å². The van der Waals surface area contributed by atoms with E-state index in [-0.39, 0.29) is 25.5 Å². The normalized spacial score (nSPS) is 10.8. The SMILES string of the molecule is CCN(CC)c1ccc2c(C)c(CCOC(=O)NCc3ccc(C(=O)N(C)C)cc3)c(=O)oc2c1. The molecule has 2 aromatic carbocycles. The molecule has 3 aromatic rings. The Hall–Kier alpha value is -3.81. The molecule has 186 valence electrons. The second-order valence-electron chi connectivity index (χ2n) is 8.48. The van der Waals surface area contributed by atoms with E-state index in [1.54, 1.807) is 38.4 Å². The van der Waals surface area contributed by atoms with Crippen LogP contribution in [0.1, 0.15) is 40.9 Å². The standard InChI is InChI=1S/C27H33N3O5/c1-6-30(7-2)21-12-13-22-18(3)23(26(32)35-24(22)16-21)14-15-34-27(33)28-17-19-8-10-20(11-9-19)25(31)29(4)5/h8-13,16H,6-7,14-15,17H2,1-5H3,(H,28,33). The minimum atomic E-state index is -0.579. The van der Waals surface area contributed by atoms with Crippen LogP contribution in [0.3, 0.4) is 0 Å². The summed E-state index contributed by atoms with van der Waals surface area (Å²) >= 11 is 0. The summed E-state index contributed by atoms with van der Waals surface area (Å²) in [5, 5.41) is 3.55. The lowest BCUT2D eigenvalue weighted by Crippen LogP contribution is -2.25. The number of hydrogen-bond acceptors (Lipinski definition) is 6. The molecule has 0 fully saturated rings. The van der Waals surface area contributed by atoms with E-state index in [1.165, 1.54) is 4.90 Å². The van der Waals surface area contributed by atoms with Crippen LogP contribution >= 0.6 is 0 Å². The first-order chi connectivity index (χ1) is 16.7. The molecule has 0 aliphatic carbocycles. The van der Waals surface area contributed by atoms with Crippen LogP contribution in [0.2, 0.25) is 0 Å². The molecule has 1 N–H and O–H groups in total. The minimum Gasteiger partial charge on any atom is -0.449 e. The van der Waals surface area contributed by atoms with Crippen LogP contribution in [0.25, 0.3) is 11.0 Å². The first-order valence-corrected chi connectivity index (χ1v) is 11.8. The number of ether oxygens (including phenoxy) is 1. The summed E-state index contributed by atoms with van der Waals surface area (Å²) in [7, 11) is 3.39. The number of alkyl carbamates (subject to hydrolysis) is 1. The van der Waals surface area contributed by atoms with E-state index in [1.807, 2.05) is 25.1 Å². The number of nitrogens with zero attached hydrogens (tertiary/aromatic N) is 2. The average Bonchev–Trinajstić information content (AvgIpc) is 2.85. The third-order valence-corrected chi connectivity index (χ3v) is 6.03. The zero-order valence-corrected chi connectivity index (χ0v) is 21.0. The molecule has 0 saturated carbocycles. The van der Waals surface area contributed by atoms with Crippen LogP contribution in [0, 0.1) is 6.92 Å². The number of hydrogen-bond donors (Lipinski definition) is 1. The van der Waals surface area contributed by atoms with E-state index in [0.29, 0.717) is 16.7 Å². The summed E-state index contributed by atoms with van der Waals surface area (Å²) < 4.78 is 10.9. The Bertz CT molecular complexity index is 1240. The topological polar surface area (TPSA) is 92.1 Å². The van der Waals surface area contributed by atoms with Gasteiger partial charge in [-0.2, -0.15) is 0 Å². The Morgan fingerprint density at radius 2 is 1.71 bits per heavy atom. The fourth-order valence-corrected chi connectivity index (χ4v) is 3.95. The predicted octanol–water partition coefficient (Wildman–Crippen LogP) is 4.12. The number of carbonyl (C=O) groups is 2. The van der Waals surface area contributed by atoms with Crippen LogP contribution in [0.5, 0.6) is 0 Å². The van der Waals surface area contributed by atoms with E-state index >= 15 is 0 Å². The maximum Gasteiger partial charge on any atom is 0.407 e. The lowest BCUT2D eigenvalue weighted by Gasteiger charge is -2.21. The Morgan fingerprint density at radius 1 is 1.03 bits per heavy atom. The number of benzene rings is 2. The molecule has 35 heavy (non-hydrogen) atoms. The largest absolute Gasteiger partial charge is 0.449 e. The molecule has 1 heterocycles. The van der Waals surface area contributed by atoms with Crippen molar-refractivity contribution in [3.8, 4) is 0 Å². The van der Waals surface area contributed by atoms with Crippen LogP contribution in [-0.2, 0) is 17.7 Å². The molecular weight excluding hydrogens is 446 g/mol. The molecule has 0 saturated heterocycles. The van der Waals surface area contributed by atoms with Gasteiger partial charge in [-0.15, -0.1) is 0 Å². The van der Waals surface area contributed by atoms with Crippen molar-refractivity contribution in [2.75, 3.05) is 38.7 Å². The molecule has 0 atom stereocenters. The van der Waals surface area contributed by atoms with Crippen LogP contribution in [0.4, 0.5) is 10.5 Å². The highest BCUT2D eigenvalue weighted by Crippen LogP contribution is 2.25. The molecule has 0 aliphatic rings. The summed E-state index contributed by atoms with van der Waals surface area (Å²) in [6.07, 6.45) is -0.318.